The van der Waals surface area contributed by atoms with E-state index in [2.05, 4.69) is 14.9 Å². The number of carbonyl (C=O) groups excluding carboxylic acids is 1. The minimum Gasteiger partial charge on any atom is -0.476 e. The summed E-state index contributed by atoms with van der Waals surface area (Å²) in [7, 11) is 0. The quantitative estimate of drug-likeness (QED) is 0.716. The number of hydrogen-bond acceptors (Lipinski definition) is 5. The number of carboxylic acids is 1. The Kier molecular flexibility index (Phi) is 3.61. The van der Waals surface area contributed by atoms with Crippen LogP contribution < -0.4 is 5.32 Å². The van der Waals surface area contributed by atoms with Gasteiger partial charge in [-0.05, 0) is 36.3 Å². The molecule has 0 aliphatic heterocycles. The van der Waals surface area contributed by atoms with Crippen LogP contribution in [0, 0.1) is 5.92 Å². The van der Waals surface area contributed by atoms with Crippen molar-refractivity contribution < 1.29 is 19.1 Å². The number of thiophene rings is 1. The number of aromatic nitrogens is 2. The molecule has 3 aromatic rings. The van der Waals surface area contributed by atoms with Crippen molar-refractivity contribution in [3.05, 3.63) is 41.1 Å². The van der Waals surface area contributed by atoms with Gasteiger partial charge in [-0.15, -0.1) is 11.3 Å². The molecule has 0 radical (unpaired) electrons. The van der Waals surface area contributed by atoms with Crippen molar-refractivity contribution in [2.24, 2.45) is 5.92 Å². The van der Waals surface area contributed by atoms with Gasteiger partial charge in [0.2, 0.25) is 0 Å². The number of hydrogen-bond donors (Lipinski definition) is 2. The van der Waals surface area contributed by atoms with Gasteiger partial charge < -0.3 is 19.4 Å². The fourth-order valence-electron chi connectivity index (χ4n) is 2.74. The maximum Gasteiger partial charge on any atom is 0.358 e. The molecule has 4 rings (SSSR count). The molecule has 3 aromatic heterocycles. The average Bonchev–Trinajstić information content (AvgIpc) is 2.98. The molecular formula is C16H15N3O4S. The summed E-state index contributed by atoms with van der Waals surface area (Å²) in [6, 6.07) is 3.91. The molecule has 2 N–H and O–H groups in total. The van der Waals surface area contributed by atoms with E-state index in [1.165, 1.54) is 12.8 Å². The van der Waals surface area contributed by atoms with Gasteiger partial charge in [-0.25, -0.2) is 9.78 Å². The van der Waals surface area contributed by atoms with Crippen LogP contribution in [0.15, 0.2) is 28.3 Å². The van der Waals surface area contributed by atoms with E-state index in [0.717, 1.165) is 23.2 Å². The normalized spacial score (nSPS) is 14.2. The van der Waals surface area contributed by atoms with E-state index in [1.54, 1.807) is 11.3 Å². The SMILES string of the molecule is O=C(O)c1ncoc1CNC(=O)c1cc2sccc2n1CC1CC1. The Morgan fingerprint density at radius 2 is 2.29 bits per heavy atom. The molecule has 3 heterocycles. The van der Waals surface area contributed by atoms with E-state index in [-0.39, 0.29) is 23.9 Å². The van der Waals surface area contributed by atoms with Gasteiger partial charge in [0.1, 0.15) is 5.69 Å². The highest BCUT2D eigenvalue weighted by molar-refractivity contribution is 7.17. The fourth-order valence-corrected chi connectivity index (χ4v) is 3.56. The molecule has 7 nitrogen and oxygen atoms in total. The van der Waals surface area contributed by atoms with Gasteiger partial charge in [0, 0.05) is 6.54 Å². The van der Waals surface area contributed by atoms with E-state index in [9.17, 15) is 9.59 Å². The molecule has 1 fully saturated rings. The summed E-state index contributed by atoms with van der Waals surface area (Å²) in [6.45, 7) is 0.828. The van der Waals surface area contributed by atoms with Crippen molar-refractivity contribution in [3.8, 4) is 0 Å². The zero-order valence-electron chi connectivity index (χ0n) is 12.7. The molecule has 1 saturated carbocycles. The van der Waals surface area contributed by atoms with Gasteiger partial charge in [0.25, 0.3) is 5.91 Å². The number of carbonyl (C=O) groups is 2. The highest BCUT2D eigenvalue weighted by Crippen LogP contribution is 2.34. The second-order valence-corrected chi connectivity index (χ2v) is 6.81. The second kappa shape index (κ2) is 5.79. The summed E-state index contributed by atoms with van der Waals surface area (Å²) >= 11 is 1.60. The summed E-state index contributed by atoms with van der Waals surface area (Å²) in [6.07, 6.45) is 3.46. The number of fused-ring (bicyclic) bond motifs is 1. The Bertz CT molecular complexity index is 919. The molecule has 0 aromatic carbocycles. The topological polar surface area (TPSA) is 97.4 Å². The van der Waals surface area contributed by atoms with E-state index < -0.39 is 5.97 Å². The van der Waals surface area contributed by atoms with Crippen molar-refractivity contribution in [1.82, 2.24) is 14.9 Å². The highest BCUT2D eigenvalue weighted by Gasteiger charge is 2.26. The molecule has 0 saturated heterocycles. The van der Waals surface area contributed by atoms with Gasteiger partial charge in [-0.1, -0.05) is 0 Å². The average molecular weight is 345 g/mol. The van der Waals surface area contributed by atoms with Crippen LogP contribution in [-0.4, -0.2) is 26.5 Å². The third-order valence-corrected chi connectivity index (χ3v) is 5.00. The van der Waals surface area contributed by atoms with Gasteiger partial charge in [0.05, 0.1) is 16.8 Å². The number of carboxylic acid groups (broad SMARTS) is 1. The smallest absolute Gasteiger partial charge is 0.358 e. The Morgan fingerprint density at radius 1 is 1.46 bits per heavy atom. The van der Waals surface area contributed by atoms with E-state index in [1.807, 2.05) is 17.5 Å². The maximum absolute atomic E-state index is 12.6. The summed E-state index contributed by atoms with van der Waals surface area (Å²) in [4.78, 5) is 27.2. The van der Waals surface area contributed by atoms with E-state index >= 15 is 0 Å². The van der Waals surface area contributed by atoms with Crippen LogP contribution in [0.3, 0.4) is 0 Å². The number of rotatable bonds is 6. The summed E-state index contributed by atoms with van der Waals surface area (Å²) < 4.78 is 8.18. The monoisotopic (exact) mass is 345 g/mol. The Morgan fingerprint density at radius 3 is 3.04 bits per heavy atom. The van der Waals surface area contributed by atoms with Gasteiger partial charge >= 0.3 is 5.97 Å². The number of amides is 1. The van der Waals surface area contributed by atoms with Crippen LogP contribution in [0.5, 0.6) is 0 Å². The number of oxazole rings is 1. The first-order valence-corrected chi connectivity index (χ1v) is 8.52. The number of nitrogens with zero attached hydrogens (tertiary/aromatic N) is 2. The lowest BCUT2D eigenvalue weighted by Gasteiger charge is -2.09. The second-order valence-electron chi connectivity index (χ2n) is 5.87. The van der Waals surface area contributed by atoms with Gasteiger partial charge in [0.15, 0.2) is 17.8 Å². The Labute approximate surface area is 140 Å². The Balaban J connectivity index is 1.55. The molecule has 124 valence electrons. The molecule has 0 bridgehead atoms. The molecule has 8 heteroatoms. The lowest BCUT2D eigenvalue weighted by Crippen LogP contribution is -2.26. The minimum atomic E-state index is -1.18. The van der Waals surface area contributed by atoms with Crippen molar-refractivity contribution in [2.75, 3.05) is 0 Å². The maximum atomic E-state index is 12.6. The number of nitrogens with one attached hydrogen (secondary N) is 1. The van der Waals surface area contributed by atoms with Crippen molar-refractivity contribution >= 4 is 33.4 Å². The van der Waals surface area contributed by atoms with Crippen molar-refractivity contribution in [1.29, 1.82) is 0 Å². The molecule has 1 aliphatic rings. The van der Waals surface area contributed by atoms with Crippen molar-refractivity contribution in [2.45, 2.75) is 25.9 Å². The van der Waals surface area contributed by atoms with Crippen LogP contribution >= 0.6 is 11.3 Å². The largest absolute Gasteiger partial charge is 0.476 e. The molecule has 0 spiro atoms. The lowest BCUT2D eigenvalue weighted by atomic mass is 10.3. The third kappa shape index (κ3) is 2.69. The van der Waals surface area contributed by atoms with Crippen LogP contribution in [0.1, 0.15) is 39.6 Å². The third-order valence-electron chi connectivity index (χ3n) is 4.15. The molecular weight excluding hydrogens is 330 g/mol. The first kappa shape index (κ1) is 14.9. The summed E-state index contributed by atoms with van der Waals surface area (Å²) in [5, 5.41) is 13.8. The zero-order valence-corrected chi connectivity index (χ0v) is 13.5. The number of aromatic carboxylic acids is 1. The highest BCUT2D eigenvalue weighted by atomic mass is 32.1. The predicted molar refractivity (Wildman–Crippen MR) is 87.2 cm³/mol. The van der Waals surface area contributed by atoms with E-state index in [4.69, 9.17) is 9.52 Å². The van der Waals surface area contributed by atoms with Gasteiger partial charge in [-0.3, -0.25) is 4.79 Å². The molecule has 1 amide bonds. The Hall–Kier alpha value is -2.61. The summed E-state index contributed by atoms with van der Waals surface area (Å²) in [5.41, 5.74) is 1.49. The first-order valence-electron chi connectivity index (χ1n) is 7.64. The minimum absolute atomic E-state index is 0.0112. The lowest BCUT2D eigenvalue weighted by molar-refractivity contribution is 0.0687. The molecule has 0 unspecified atom stereocenters. The standard InChI is InChI=1S/C16H15N3O4S/c20-15(17-6-12-14(16(21)22)18-8-23-12)11-5-13-10(3-4-24-13)19(11)7-9-1-2-9/h3-5,8-9H,1-2,6-7H2,(H,17,20)(H,21,22). The zero-order chi connectivity index (χ0) is 16.7. The van der Waals surface area contributed by atoms with E-state index in [0.29, 0.717) is 11.6 Å². The fraction of sp³-hybridized carbons (Fsp3) is 0.312. The van der Waals surface area contributed by atoms with Gasteiger partial charge in [-0.2, -0.15) is 0 Å². The van der Waals surface area contributed by atoms with Crippen molar-refractivity contribution in [3.63, 3.8) is 0 Å². The first-order chi connectivity index (χ1) is 11.6. The summed E-state index contributed by atoms with van der Waals surface area (Å²) in [5.74, 6) is -0.643. The predicted octanol–water partition coefficient (Wildman–Crippen LogP) is 2.73. The van der Waals surface area contributed by atoms with Crippen LogP contribution in [0.25, 0.3) is 10.2 Å². The van der Waals surface area contributed by atoms with Crippen LogP contribution in [0.4, 0.5) is 0 Å². The molecule has 1 aliphatic carbocycles. The molecule has 24 heavy (non-hydrogen) atoms. The van der Waals surface area contributed by atoms with Crippen LogP contribution in [0.2, 0.25) is 0 Å². The van der Waals surface area contributed by atoms with Crippen LogP contribution in [-0.2, 0) is 13.1 Å². The molecule has 0 atom stereocenters.